The van der Waals surface area contributed by atoms with Gasteiger partial charge in [-0.05, 0) is 60.6 Å². The van der Waals surface area contributed by atoms with Crippen LogP contribution in [-0.4, -0.2) is 71.9 Å². The first kappa shape index (κ1) is 29.8. The molecule has 10 heteroatoms. The van der Waals surface area contributed by atoms with Gasteiger partial charge in [0.1, 0.15) is 6.61 Å². The summed E-state index contributed by atoms with van der Waals surface area (Å²) in [5.74, 6) is -0.182. The quantitative estimate of drug-likeness (QED) is 0.350. The Bertz CT molecular complexity index is 1450. The van der Waals surface area contributed by atoms with E-state index in [1.165, 1.54) is 12.0 Å². The van der Waals surface area contributed by atoms with Gasteiger partial charge in [-0.1, -0.05) is 54.6 Å². The molecule has 2 N–H and O–H groups in total. The number of carboxylic acids is 1. The number of hydrogen-bond donors (Lipinski definition) is 2. The van der Waals surface area contributed by atoms with Crippen LogP contribution in [0.15, 0.2) is 66.7 Å². The van der Waals surface area contributed by atoms with Crippen molar-refractivity contribution in [2.75, 3.05) is 32.1 Å². The number of benzene rings is 3. The number of rotatable bonds is 9. The van der Waals surface area contributed by atoms with Crippen LogP contribution >= 0.6 is 0 Å². The average molecular weight is 588 g/mol. The van der Waals surface area contributed by atoms with Crippen molar-refractivity contribution in [3.8, 4) is 11.5 Å². The lowest BCUT2D eigenvalue weighted by Gasteiger charge is -2.37. The van der Waals surface area contributed by atoms with E-state index in [1.54, 1.807) is 6.07 Å². The fourth-order valence-corrected chi connectivity index (χ4v) is 5.69. The van der Waals surface area contributed by atoms with Gasteiger partial charge in [-0.2, -0.15) is 0 Å². The number of aryl methyl sites for hydroxylation is 1. The summed E-state index contributed by atoms with van der Waals surface area (Å²) < 4.78 is 17.1. The van der Waals surface area contributed by atoms with Gasteiger partial charge in [-0.15, -0.1) is 0 Å². The lowest BCUT2D eigenvalue weighted by atomic mass is 10.0. The predicted octanol–water partition coefficient (Wildman–Crippen LogP) is 5.27. The topological polar surface area (TPSA) is 118 Å². The smallest absolute Gasteiger partial charge is 0.410 e. The van der Waals surface area contributed by atoms with Crippen molar-refractivity contribution >= 4 is 23.8 Å². The molecular formula is C33H37N3O7. The summed E-state index contributed by atoms with van der Waals surface area (Å²) in [6.45, 7) is 3.55. The normalized spacial score (nSPS) is 16.0. The predicted molar refractivity (Wildman–Crippen MR) is 161 cm³/mol. The molecule has 5 rings (SSSR count). The Morgan fingerprint density at radius 2 is 1.72 bits per heavy atom. The van der Waals surface area contributed by atoms with Crippen molar-refractivity contribution in [1.82, 2.24) is 9.80 Å². The zero-order valence-electron chi connectivity index (χ0n) is 24.5. The molecule has 226 valence electrons. The molecule has 0 unspecified atom stereocenters. The third-order valence-electron chi connectivity index (χ3n) is 7.99. The first-order valence-corrected chi connectivity index (χ1v) is 14.5. The third kappa shape index (κ3) is 7.20. The molecule has 0 radical (unpaired) electrons. The number of fused-ring (bicyclic) bond motifs is 1. The number of nitrogens with one attached hydrogen (secondary N) is 1. The lowest BCUT2D eigenvalue weighted by Crippen LogP contribution is -2.50. The molecule has 3 aromatic rings. The van der Waals surface area contributed by atoms with Crippen molar-refractivity contribution in [1.29, 1.82) is 0 Å². The van der Waals surface area contributed by atoms with Gasteiger partial charge in [0, 0.05) is 37.8 Å². The van der Waals surface area contributed by atoms with E-state index < -0.39 is 18.2 Å². The van der Waals surface area contributed by atoms with Crippen LogP contribution in [0.4, 0.5) is 15.3 Å². The van der Waals surface area contributed by atoms with Crippen molar-refractivity contribution in [3.05, 3.63) is 89.0 Å². The first-order chi connectivity index (χ1) is 20.8. The van der Waals surface area contributed by atoms with Crippen LogP contribution in [0.25, 0.3) is 0 Å². The van der Waals surface area contributed by atoms with Crippen LogP contribution in [0.5, 0.6) is 11.5 Å². The Labute approximate surface area is 251 Å². The number of carbonyl (C=O) groups excluding carboxylic acids is 2. The molecule has 0 spiro atoms. The molecule has 0 bridgehead atoms. The number of aliphatic carboxylic acids is 1. The summed E-state index contributed by atoms with van der Waals surface area (Å²) in [4.78, 5) is 41.4. The number of carboxylic acid groups (broad SMARTS) is 1. The first-order valence-electron chi connectivity index (χ1n) is 14.5. The molecule has 2 aliphatic rings. The van der Waals surface area contributed by atoms with E-state index in [1.807, 2.05) is 72.5 Å². The molecule has 3 amide bonds. The van der Waals surface area contributed by atoms with Crippen molar-refractivity contribution < 1.29 is 33.7 Å². The van der Waals surface area contributed by atoms with Crippen LogP contribution < -0.4 is 14.8 Å². The summed E-state index contributed by atoms with van der Waals surface area (Å²) >= 11 is 0. The van der Waals surface area contributed by atoms with E-state index in [9.17, 15) is 19.5 Å². The highest BCUT2D eigenvalue weighted by atomic mass is 16.6. The van der Waals surface area contributed by atoms with Gasteiger partial charge in [0.2, 0.25) is 6.10 Å². The number of nitrogens with zero attached hydrogens (tertiary/aromatic N) is 2. The van der Waals surface area contributed by atoms with E-state index >= 15 is 0 Å². The van der Waals surface area contributed by atoms with Gasteiger partial charge >= 0.3 is 18.1 Å². The minimum atomic E-state index is -1.37. The summed E-state index contributed by atoms with van der Waals surface area (Å²) in [7, 11) is 1.53. The average Bonchev–Trinajstić information content (AvgIpc) is 3.18. The second-order valence-electron chi connectivity index (χ2n) is 10.9. The Hall–Kier alpha value is -4.73. The van der Waals surface area contributed by atoms with Gasteiger partial charge in [-0.25, -0.2) is 14.4 Å². The number of carbonyl (C=O) groups is 3. The standard InChI is InChI=1S/C33H37N3O7/c1-22-18-24(19-28(41-2)30(22)42-21-23-8-4-3-5-9-23)20-29(31(37)38)43-33(40)35-15-13-26(14-16-35)36-17-12-25-10-6-7-11-27(25)34-32(36)39/h3-11,18-19,26,29H,12-17,20-21H2,1-2H3,(H,34,39)(H,37,38)/t29-/m1/s1. The van der Waals surface area contributed by atoms with Gasteiger partial charge in [0.05, 0.1) is 7.11 Å². The molecule has 1 atom stereocenters. The Balaban J connectivity index is 1.17. The zero-order valence-corrected chi connectivity index (χ0v) is 24.5. The molecule has 10 nitrogen and oxygen atoms in total. The fraction of sp³-hybridized carbons (Fsp3) is 0.364. The maximum absolute atomic E-state index is 13.0. The second kappa shape index (κ2) is 13.5. The van der Waals surface area contributed by atoms with Crippen molar-refractivity contribution in [2.45, 2.75) is 51.4 Å². The maximum Gasteiger partial charge on any atom is 0.410 e. The number of anilines is 1. The van der Waals surface area contributed by atoms with Gasteiger partial charge in [0.15, 0.2) is 11.5 Å². The van der Waals surface area contributed by atoms with E-state index in [4.69, 9.17) is 14.2 Å². The molecule has 2 aliphatic heterocycles. The summed E-state index contributed by atoms with van der Waals surface area (Å²) in [5, 5.41) is 12.9. The number of ether oxygens (including phenoxy) is 3. The number of para-hydroxylation sites is 1. The maximum atomic E-state index is 13.0. The second-order valence-corrected chi connectivity index (χ2v) is 10.9. The van der Waals surface area contributed by atoms with E-state index in [0.29, 0.717) is 56.1 Å². The Kier molecular flexibility index (Phi) is 9.34. The van der Waals surface area contributed by atoms with Crippen molar-refractivity contribution in [2.24, 2.45) is 0 Å². The van der Waals surface area contributed by atoms with Gasteiger partial charge in [0.25, 0.3) is 0 Å². The highest BCUT2D eigenvalue weighted by Gasteiger charge is 2.33. The number of likely N-dealkylation sites (tertiary alicyclic amines) is 1. The number of piperidine rings is 1. The van der Waals surface area contributed by atoms with Crippen molar-refractivity contribution in [3.63, 3.8) is 0 Å². The largest absolute Gasteiger partial charge is 0.493 e. The molecule has 2 heterocycles. The molecular weight excluding hydrogens is 550 g/mol. The molecule has 43 heavy (non-hydrogen) atoms. The van der Waals surface area contributed by atoms with E-state index in [2.05, 4.69) is 5.32 Å². The van der Waals surface area contributed by atoms with E-state index in [-0.39, 0.29) is 18.5 Å². The van der Waals surface area contributed by atoms with Crippen LogP contribution in [0.3, 0.4) is 0 Å². The number of amides is 3. The minimum absolute atomic E-state index is 0.0216. The molecule has 1 fully saturated rings. The zero-order chi connectivity index (χ0) is 30.3. The highest BCUT2D eigenvalue weighted by molar-refractivity contribution is 5.91. The monoisotopic (exact) mass is 587 g/mol. The number of urea groups is 1. The SMILES string of the molecule is COc1cc(C[C@@H](OC(=O)N2CCC(N3CCc4ccccc4NC3=O)CC2)C(=O)O)cc(C)c1OCc1ccccc1. The third-order valence-corrected chi connectivity index (χ3v) is 7.99. The fourth-order valence-electron chi connectivity index (χ4n) is 5.69. The lowest BCUT2D eigenvalue weighted by molar-refractivity contribution is -0.147. The molecule has 1 saturated heterocycles. The Morgan fingerprint density at radius 3 is 2.44 bits per heavy atom. The minimum Gasteiger partial charge on any atom is -0.493 e. The highest BCUT2D eigenvalue weighted by Crippen LogP contribution is 2.34. The van der Waals surface area contributed by atoms with Crippen LogP contribution in [0.2, 0.25) is 0 Å². The Morgan fingerprint density at radius 1 is 1.00 bits per heavy atom. The van der Waals surface area contributed by atoms with Gasteiger partial charge < -0.3 is 34.4 Å². The van der Waals surface area contributed by atoms with Gasteiger partial charge in [-0.3, -0.25) is 0 Å². The summed E-state index contributed by atoms with van der Waals surface area (Å²) in [5.41, 5.74) is 4.37. The number of methoxy groups -OCH3 is 1. The number of hydrogen-bond acceptors (Lipinski definition) is 6. The molecule has 0 aliphatic carbocycles. The van der Waals surface area contributed by atoms with Crippen LogP contribution in [-0.2, 0) is 29.0 Å². The van der Waals surface area contributed by atoms with Crippen LogP contribution in [0.1, 0.15) is 35.1 Å². The molecule has 0 aromatic heterocycles. The molecule has 3 aromatic carbocycles. The summed E-state index contributed by atoms with van der Waals surface area (Å²) in [6.07, 6.45) is -0.163. The summed E-state index contributed by atoms with van der Waals surface area (Å²) in [6, 6.07) is 20.9. The molecule has 0 saturated carbocycles. The van der Waals surface area contributed by atoms with Crippen LogP contribution in [0, 0.1) is 6.92 Å². The van der Waals surface area contributed by atoms with E-state index in [0.717, 1.165) is 28.8 Å².